The van der Waals surface area contributed by atoms with Gasteiger partial charge < -0.3 is 0 Å². The number of hydrogen-bond donors (Lipinski definition) is 0. The van der Waals surface area contributed by atoms with Crippen molar-refractivity contribution in [3.05, 3.63) is 80.8 Å². The molecule has 9 heteroatoms. The Hall–Kier alpha value is -3.03. The molecule has 0 saturated heterocycles. The van der Waals surface area contributed by atoms with E-state index < -0.39 is 5.56 Å². The summed E-state index contributed by atoms with van der Waals surface area (Å²) in [4.78, 5) is 29.3. The number of halogens is 2. The van der Waals surface area contributed by atoms with Gasteiger partial charge in [-0.1, -0.05) is 34.5 Å². The smallest absolute Gasteiger partial charge is 0.283 e. The molecule has 0 fully saturated rings. The molecule has 0 aliphatic rings. The Balaban J connectivity index is 1.70. The van der Waals surface area contributed by atoms with E-state index in [9.17, 15) is 9.59 Å². The van der Waals surface area contributed by atoms with E-state index in [4.69, 9.17) is 23.2 Å². The van der Waals surface area contributed by atoms with E-state index in [1.807, 2.05) is 0 Å². The second-order valence-electron chi connectivity index (χ2n) is 5.76. The van der Waals surface area contributed by atoms with Crippen LogP contribution in [0.1, 0.15) is 10.4 Å². The second-order valence-corrected chi connectivity index (χ2v) is 6.63. The Morgan fingerprint density at radius 2 is 1.81 bits per heavy atom. The van der Waals surface area contributed by atoms with E-state index in [0.29, 0.717) is 21.3 Å². The molecule has 2 heterocycles. The predicted octanol–water partition coefficient (Wildman–Crippen LogP) is 3.17. The Bertz CT molecular complexity index is 1210. The fourth-order valence-electron chi connectivity index (χ4n) is 2.62. The largest absolute Gasteiger partial charge is 0.292 e. The lowest BCUT2D eigenvalue weighted by atomic mass is 10.1. The van der Waals surface area contributed by atoms with Crippen LogP contribution in [0.15, 0.2) is 59.7 Å². The number of fused-ring (bicyclic) bond motifs is 1. The van der Waals surface area contributed by atoms with Crippen molar-refractivity contribution < 1.29 is 4.79 Å². The van der Waals surface area contributed by atoms with Gasteiger partial charge in [-0.2, -0.15) is 4.68 Å². The average Bonchev–Trinajstić information content (AvgIpc) is 3.09. The Morgan fingerprint density at radius 3 is 2.56 bits per heavy atom. The maximum Gasteiger partial charge on any atom is 0.283 e. The summed E-state index contributed by atoms with van der Waals surface area (Å²) < 4.78 is 2.63. The molecule has 0 radical (unpaired) electrons. The van der Waals surface area contributed by atoms with E-state index in [1.165, 1.54) is 15.6 Å². The van der Waals surface area contributed by atoms with Gasteiger partial charge in [0.15, 0.2) is 16.9 Å². The van der Waals surface area contributed by atoms with Crippen LogP contribution in [0.25, 0.3) is 16.9 Å². The first-order valence-corrected chi connectivity index (χ1v) is 8.64. The monoisotopic (exact) mass is 399 g/mol. The molecule has 134 valence electrons. The van der Waals surface area contributed by atoms with Gasteiger partial charge in [0, 0.05) is 15.6 Å². The van der Waals surface area contributed by atoms with Crippen LogP contribution in [-0.4, -0.2) is 30.3 Å². The van der Waals surface area contributed by atoms with Gasteiger partial charge in [0.25, 0.3) is 5.56 Å². The van der Waals surface area contributed by atoms with Crippen LogP contribution < -0.4 is 5.56 Å². The highest BCUT2D eigenvalue weighted by Gasteiger charge is 2.15. The van der Waals surface area contributed by atoms with Crippen molar-refractivity contribution in [2.75, 3.05) is 0 Å². The topological polar surface area (TPSA) is 82.7 Å². The number of benzene rings is 2. The standard InChI is InChI=1S/C18H11Cl2N5O2/c19-12-6-4-11(5-7-12)15(26)9-24-10-21-17-16(18(24)27)22-23-25(17)14-3-1-2-13(20)8-14/h1-8,10H,9H2. The number of aromatic nitrogens is 5. The van der Waals surface area contributed by atoms with Crippen molar-refractivity contribution in [3.63, 3.8) is 0 Å². The van der Waals surface area contributed by atoms with Crippen molar-refractivity contribution in [2.45, 2.75) is 6.54 Å². The van der Waals surface area contributed by atoms with Crippen molar-refractivity contribution in [3.8, 4) is 5.69 Å². The highest BCUT2D eigenvalue weighted by atomic mass is 35.5. The number of hydrogen-bond acceptors (Lipinski definition) is 5. The zero-order valence-corrected chi connectivity index (χ0v) is 15.2. The normalized spacial score (nSPS) is 11.0. The van der Waals surface area contributed by atoms with Crippen LogP contribution >= 0.6 is 23.2 Å². The molecule has 0 bridgehead atoms. The van der Waals surface area contributed by atoms with Gasteiger partial charge in [0.05, 0.1) is 12.2 Å². The number of nitrogens with zero attached hydrogens (tertiary/aromatic N) is 5. The van der Waals surface area contributed by atoms with E-state index in [2.05, 4.69) is 15.3 Å². The first kappa shape index (κ1) is 17.4. The van der Waals surface area contributed by atoms with Gasteiger partial charge >= 0.3 is 0 Å². The fourth-order valence-corrected chi connectivity index (χ4v) is 2.93. The molecule has 4 rings (SSSR count). The molecule has 27 heavy (non-hydrogen) atoms. The SMILES string of the molecule is O=C(Cn1cnc2c(nnn2-c2cccc(Cl)c2)c1=O)c1ccc(Cl)cc1. The van der Waals surface area contributed by atoms with Crippen molar-refractivity contribution >= 4 is 40.1 Å². The summed E-state index contributed by atoms with van der Waals surface area (Å²) in [7, 11) is 0. The summed E-state index contributed by atoms with van der Waals surface area (Å²) in [5.41, 5.74) is 0.996. The summed E-state index contributed by atoms with van der Waals surface area (Å²) >= 11 is 11.8. The minimum Gasteiger partial charge on any atom is -0.292 e. The first-order valence-electron chi connectivity index (χ1n) is 7.88. The molecule has 0 N–H and O–H groups in total. The number of Topliss-reactive ketones (excluding diaryl/α,β-unsaturated/α-hetero) is 1. The molecular weight excluding hydrogens is 389 g/mol. The summed E-state index contributed by atoms with van der Waals surface area (Å²) in [6.45, 7) is -0.159. The zero-order chi connectivity index (χ0) is 19.0. The van der Waals surface area contributed by atoms with Crippen LogP contribution in [0.2, 0.25) is 10.0 Å². The second kappa shape index (κ2) is 6.94. The van der Waals surface area contributed by atoms with Crippen molar-refractivity contribution in [1.82, 2.24) is 24.5 Å². The minimum atomic E-state index is -0.449. The minimum absolute atomic E-state index is 0.0707. The molecule has 0 atom stereocenters. The van der Waals surface area contributed by atoms with E-state index >= 15 is 0 Å². The Labute approximate surface area is 162 Å². The first-order chi connectivity index (χ1) is 13.0. The van der Waals surface area contributed by atoms with Crippen molar-refractivity contribution in [1.29, 1.82) is 0 Å². The maximum absolute atomic E-state index is 12.7. The third kappa shape index (κ3) is 3.34. The average molecular weight is 400 g/mol. The molecule has 0 spiro atoms. The Morgan fingerprint density at radius 1 is 1.04 bits per heavy atom. The molecular formula is C18H11Cl2N5O2. The molecule has 2 aromatic carbocycles. The summed E-state index contributed by atoms with van der Waals surface area (Å²) in [5, 5.41) is 8.97. The fraction of sp³-hybridized carbons (Fsp3) is 0.0556. The number of ketones is 1. The number of carbonyl (C=O) groups is 1. The molecule has 0 saturated carbocycles. The van der Waals surface area contributed by atoms with Crippen LogP contribution in [0.4, 0.5) is 0 Å². The van der Waals surface area contributed by atoms with Gasteiger partial charge in [-0.3, -0.25) is 14.2 Å². The maximum atomic E-state index is 12.7. The molecule has 7 nitrogen and oxygen atoms in total. The third-order valence-electron chi connectivity index (χ3n) is 3.96. The quantitative estimate of drug-likeness (QED) is 0.492. The molecule has 4 aromatic rings. The number of carbonyl (C=O) groups excluding carboxylic acids is 1. The van der Waals surface area contributed by atoms with E-state index in [0.717, 1.165) is 0 Å². The van der Waals surface area contributed by atoms with Gasteiger partial charge in [-0.05, 0) is 42.5 Å². The van der Waals surface area contributed by atoms with Gasteiger partial charge in [-0.15, -0.1) is 5.10 Å². The lowest BCUT2D eigenvalue weighted by Crippen LogP contribution is -2.25. The summed E-state index contributed by atoms with van der Waals surface area (Å²) in [6.07, 6.45) is 1.31. The third-order valence-corrected chi connectivity index (χ3v) is 4.45. The number of rotatable bonds is 4. The summed E-state index contributed by atoms with van der Waals surface area (Å²) in [5.74, 6) is -0.239. The summed E-state index contributed by atoms with van der Waals surface area (Å²) in [6, 6.07) is 13.4. The zero-order valence-electron chi connectivity index (χ0n) is 13.7. The lowest BCUT2D eigenvalue weighted by Gasteiger charge is -2.05. The van der Waals surface area contributed by atoms with E-state index in [-0.39, 0.29) is 23.5 Å². The molecule has 0 amide bonds. The Kier molecular flexibility index (Phi) is 4.47. The molecule has 0 unspecified atom stereocenters. The molecule has 0 aliphatic carbocycles. The van der Waals surface area contributed by atoms with Gasteiger partial charge in [-0.25, -0.2) is 4.98 Å². The highest BCUT2D eigenvalue weighted by molar-refractivity contribution is 6.31. The van der Waals surface area contributed by atoms with E-state index in [1.54, 1.807) is 48.5 Å². The van der Waals surface area contributed by atoms with Crippen LogP contribution in [0, 0.1) is 0 Å². The highest BCUT2D eigenvalue weighted by Crippen LogP contribution is 2.16. The van der Waals surface area contributed by atoms with Crippen LogP contribution in [-0.2, 0) is 6.54 Å². The van der Waals surface area contributed by atoms with Gasteiger partial charge in [0.2, 0.25) is 0 Å². The van der Waals surface area contributed by atoms with Crippen LogP contribution in [0.3, 0.4) is 0 Å². The molecule has 0 aliphatic heterocycles. The van der Waals surface area contributed by atoms with Crippen LogP contribution in [0.5, 0.6) is 0 Å². The van der Waals surface area contributed by atoms with Gasteiger partial charge in [0.1, 0.15) is 6.33 Å². The lowest BCUT2D eigenvalue weighted by molar-refractivity contribution is 0.0970. The predicted molar refractivity (Wildman–Crippen MR) is 102 cm³/mol. The molecule has 2 aromatic heterocycles. The van der Waals surface area contributed by atoms with Crippen molar-refractivity contribution in [2.24, 2.45) is 0 Å².